The van der Waals surface area contributed by atoms with Crippen molar-refractivity contribution in [2.75, 3.05) is 7.11 Å². The van der Waals surface area contributed by atoms with Gasteiger partial charge in [-0.2, -0.15) is 0 Å². The van der Waals surface area contributed by atoms with Gasteiger partial charge in [0.05, 0.1) is 18.7 Å². The van der Waals surface area contributed by atoms with Gasteiger partial charge in [-0.1, -0.05) is 12.1 Å². The molecule has 8 heteroatoms. The number of nitrogens with zero attached hydrogens (tertiary/aromatic N) is 1. The maximum absolute atomic E-state index is 13.2. The number of ether oxygens (including phenoxy) is 2. The number of carbonyl (C=O) groups is 2. The summed E-state index contributed by atoms with van der Waals surface area (Å²) in [6.07, 6.45) is 3.32. The van der Waals surface area contributed by atoms with E-state index in [2.05, 4.69) is 5.16 Å². The van der Waals surface area contributed by atoms with E-state index in [9.17, 15) is 19.8 Å². The number of fused-ring (bicyclic) bond motifs is 4. The van der Waals surface area contributed by atoms with Gasteiger partial charge in [0.1, 0.15) is 28.6 Å². The number of phenolic OH excluding ortho intramolecular Hbond substituents is 1. The highest BCUT2D eigenvalue weighted by molar-refractivity contribution is 6.07. The second-order valence-corrected chi connectivity index (χ2v) is 9.21. The number of hydrogen-bond donors (Lipinski definition) is 2. The van der Waals surface area contributed by atoms with Crippen molar-refractivity contribution in [3.63, 3.8) is 0 Å². The van der Waals surface area contributed by atoms with E-state index in [1.165, 1.54) is 19.3 Å². The van der Waals surface area contributed by atoms with Crippen molar-refractivity contribution < 1.29 is 34.1 Å². The molecular formula is C23H25NO7. The van der Waals surface area contributed by atoms with Crippen LogP contribution in [-0.4, -0.2) is 52.1 Å². The normalized spacial score (nSPS) is 40.8. The molecule has 1 saturated heterocycles. The van der Waals surface area contributed by atoms with Gasteiger partial charge in [0.15, 0.2) is 5.78 Å². The topological polar surface area (TPSA) is 115 Å². The first-order valence-electron chi connectivity index (χ1n) is 10.5. The van der Waals surface area contributed by atoms with Crippen LogP contribution >= 0.6 is 0 Å². The van der Waals surface area contributed by atoms with Crippen molar-refractivity contribution in [2.45, 2.75) is 50.4 Å². The summed E-state index contributed by atoms with van der Waals surface area (Å²) in [6, 6.07) is 4.75. The lowest BCUT2D eigenvalue weighted by Gasteiger charge is -2.43. The number of ketones is 1. The van der Waals surface area contributed by atoms with Gasteiger partial charge in [-0.25, -0.2) is 4.79 Å². The van der Waals surface area contributed by atoms with Crippen molar-refractivity contribution in [2.24, 2.45) is 22.4 Å². The Kier molecular flexibility index (Phi) is 4.09. The molecule has 4 aliphatic rings. The third kappa shape index (κ3) is 2.36. The van der Waals surface area contributed by atoms with Gasteiger partial charge in [0, 0.05) is 12.0 Å². The molecule has 0 aromatic heterocycles. The summed E-state index contributed by atoms with van der Waals surface area (Å²) < 4.78 is 11.0. The molecule has 2 heterocycles. The first-order chi connectivity index (χ1) is 14.7. The molecule has 6 atom stereocenters. The highest BCUT2D eigenvalue weighted by atomic mass is 16.7. The Hall–Kier alpha value is -2.87. The molecule has 0 radical (unpaired) electrons. The highest BCUT2D eigenvalue weighted by Crippen LogP contribution is 2.59. The van der Waals surface area contributed by atoms with Gasteiger partial charge in [-0.05, 0) is 56.0 Å². The molecule has 3 unspecified atom stereocenters. The molecule has 1 aromatic carbocycles. The van der Waals surface area contributed by atoms with E-state index in [4.69, 9.17) is 14.3 Å². The molecule has 0 bridgehead atoms. The zero-order valence-corrected chi connectivity index (χ0v) is 17.6. The zero-order valence-electron chi connectivity index (χ0n) is 17.6. The van der Waals surface area contributed by atoms with Gasteiger partial charge < -0.3 is 24.5 Å². The van der Waals surface area contributed by atoms with Gasteiger partial charge in [0.2, 0.25) is 5.60 Å². The van der Waals surface area contributed by atoms with E-state index in [0.717, 1.165) is 0 Å². The van der Waals surface area contributed by atoms with E-state index in [1.807, 2.05) is 6.92 Å². The number of carbonyl (C=O) groups excluding carboxylic acids is 2. The van der Waals surface area contributed by atoms with Gasteiger partial charge in [-0.15, -0.1) is 0 Å². The second-order valence-electron chi connectivity index (χ2n) is 9.21. The van der Waals surface area contributed by atoms with E-state index in [-0.39, 0.29) is 23.9 Å². The Morgan fingerprint density at radius 1 is 1.26 bits per heavy atom. The summed E-state index contributed by atoms with van der Waals surface area (Å²) in [5.41, 5.74) is -3.27. The standard InChI is InChI=1S/C23H25NO7/c1-12-4-6-15-19(21(2)18(26)8-9-23(12,21)28)30-20(27)22(15)11-16(24-31-22)14-10-13(29-3)5-7-17(14)25/h5,7-10,12,15,19,25,28H,4,6,11H2,1-3H3/t12-,15?,19?,21-,22?,23+/m0/s1. The molecule has 31 heavy (non-hydrogen) atoms. The van der Waals surface area contributed by atoms with Crippen molar-refractivity contribution in [3.05, 3.63) is 35.9 Å². The minimum atomic E-state index is -1.40. The number of hydrogen-bond acceptors (Lipinski definition) is 8. The fourth-order valence-corrected chi connectivity index (χ4v) is 5.81. The summed E-state index contributed by atoms with van der Waals surface area (Å²) in [5.74, 6) is -0.999. The molecule has 2 aliphatic heterocycles. The van der Waals surface area contributed by atoms with Crippen LogP contribution in [0.25, 0.3) is 0 Å². The number of aromatic hydroxyl groups is 1. The molecule has 5 rings (SSSR count). The van der Waals surface area contributed by atoms with E-state index >= 15 is 0 Å². The Morgan fingerprint density at radius 2 is 2.03 bits per heavy atom. The third-order valence-electron chi connectivity index (χ3n) is 7.87. The lowest BCUT2D eigenvalue weighted by Crippen LogP contribution is -2.57. The van der Waals surface area contributed by atoms with Crippen LogP contribution in [0.2, 0.25) is 0 Å². The summed E-state index contributed by atoms with van der Waals surface area (Å²) >= 11 is 0. The lowest BCUT2D eigenvalue weighted by molar-refractivity contribution is -0.169. The van der Waals surface area contributed by atoms with Crippen molar-refractivity contribution in [1.29, 1.82) is 0 Å². The quantitative estimate of drug-likeness (QED) is 0.695. The maximum Gasteiger partial charge on any atom is 0.354 e. The summed E-state index contributed by atoms with van der Waals surface area (Å²) in [6.45, 7) is 3.58. The summed E-state index contributed by atoms with van der Waals surface area (Å²) in [4.78, 5) is 31.9. The molecule has 1 spiro atoms. The van der Waals surface area contributed by atoms with Crippen LogP contribution in [0, 0.1) is 17.3 Å². The Morgan fingerprint density at radius 3 is 2.77 bits per heavy atom. The van der Waals surface area contributed by atoms with Crippen molar-refractivity contribution >= 4 is 17.5 Å². The molecule has 1 saturated carbocycles. The van der Waals surface area contributed by atoms with Gasteiger partial charge >= 0.3 is 5.97 Å². The predicted molar refractivity (Wildman–Crippen MR) is 109 cm³/mol. The van der Waals surface area contributed by atoms with Gasteiger partial charge in [0.25, 0.3) is 0 Å². The van der Waals surface area contributed by atoms with E-state index in [1.54, 1.807) is 25.1 Å². The molecular weight excluding hydrogens is 402 g/mol. The minimum Gasteiger partial charge on any atom is -0.507 e. The average Bonchev–Trinajstić information content (AvgIpc) is 3.37. The van der Waals surface area contributed by atoms with E-state index < -0.39 is 34.6 Å². The highest BCUT2D eigenvalue weighted by Gasteiger charge is 2.73. The van der Waals surface area contributed by atoms with Crippen LogP contribution in [-0.2, 0) is 19.2 Å². The van der Waals surface area contributed by atoms with Crippen LogP contribution in [0.3, 0.4) is 0 Å². The molecule has 1 aromatic rings. The Labute approximate surface area is 179 Å². The number of aliphatic hydroxyl groups is 1. The Balaban J connectivity index is 1.53. The van der Waals surface area contributed by atoms with Crippen LogP contribution in [0.15, 0.2) is 35.5 Å². The van der Waals surface area contributed by atoms with Crippen LogP contribution < -0.4 is 4.74 Å². The number of methoxy groups -OCH3 is 1. The largest absolute Gasteiger partial charge is 0.507 e. The summed E-state index contributed by atoms with van der Waals surface area (Å²) in [5, 5.41) is 26.0. The zero-order chi connectivity index (χ0) is 22.2. The van der Waals surface area contributed by atoms with Crippen molar-refractivity contribution in [3.8, 4) is 11.5 Å². The predicted octanol–water partition coefficient (Wildman–Crippen LogP) is 2.11. The maximum atomic E-state index is 13.2. The smallest absolute Gasteiger partial charge is 0.354 e. The number of rotatable bonds is 2. The first kappa shape index (κ1) is 20.1. The fourth-order valence-electron chi connectivity index (χ4n) is 5.81. The third-order valence-corrected chi connectivity index (χ3v) is 7.87. The van der Waals surface area contributed by atoms with Crippen LogP contribution in [0.4, 0.5) is 0 Å². The molecule has 2 fully saturated rings. The number of esters is 1. The van der Waals surface area contributed by atoms with Crippen LogP contribution in [0.5, 0.6) is 11.5 Å². The second kappa shape index (κ2) is 6.32. The van der Waals surface area contributed by atoms with Crippen LogP contribution in [0.1, 0.15) is 38.7 Å². The molecule has 2 N–H and O–H groups in total. The SMILES string of the molecule is COc1ccc(O)c(C2=NOC3(C2)C(=O)OC2C3CC[C@H](C)[C@]3(O)C=CC(=O)[C@@]23C)c1. The molecule has 0 amide bonds. The molecule has 164 valence electrons. The summed E-state index contributed by atoms with van der Waals surface area (Å²) in [7, 11) is 1.52. The average molecular weight is 427 g/mol. The number of benzene rings is 1. The minimum absolute atomic E-state index is 0.00545. The number of allylic oxidation sites excluding steroid dienone is 1. The lowest BCUT2D eigenvalue weighted by atomic mass is 9.63. The monoisotopic (exact) mass is 427 g/mol. The van der Waals surface area contributed by atoms with Gasteiger partial charge in [-0.3, -0.25) is 4.79 Å². The Bertz CT molecular complexity index is 1050. The van der Waals surface area contributed by atoms with E-state index in [0.29, 0.717) is 29.9 Å². The fraction of sp³-hybridized carbons (Fsp3) is 0.522. The molecule has 8 nitrogen and oxygen atoms in total. The first-order valence-corrected chi connectivity index (χ1v) is 10.5. The number of phenols is 1. The number of oxime groups is 1. The molecule has 2 aliphatic carbocycles. The van der Waals surface area contributed by atoms with Crippen molar-refractivity contribution in [1.82, 2.24) is 0 Å².